The van der Waals surface area contributed by atoms with Crippen LogP contribution in [0.5, 0.6) is 0 Å². The van der Waals surface area contributed by atoms with Crippen LogP contribution in [-0.4, -0.2) is 48.2 Å². The molecule has 6 aromatic rings. The van der Waals surface area contributed by atoms with Crippen LogP contribution in [0, 0.1) is 6.92 Å². The van der Waals surface area contributed by atoms with E-state index in [2.05, 4.69) is 4.40 Å². The minimum atomic E-state index is -4.03. The summed E-state index contributed by atoms with van der Waals surface area (Å²) >= 11 is 0. The fourth-order valence-corrected chi connectivity index (χ4v) is 8.00. The standard InChI is InChI=1S/C42H38BNO7S/c1-31-24-26-36(27-25-31)52(45,46)44-30-38-37(28-29-49-38)43-50-39(41(47-2,32-16-8-4-9-17-32)33-18-10-5-11-19-33)40(51-43)42(48-3,34-20-12-6-13-21-34)35-22-14-7-15-23-35/h4-30,39-40H,1-3H3/b44-30-/t39-,40-/m1/s1. The fourth-order valence-electron chi connectivity index (χ4n) is 7.16. The number of aryl methyl sites for hydroxylation is 1. The van der Waals surface area contributed by atoms with E-state index >= 15 is 0 Å². The molecule has 0 amide bonds. The average molecular weight is 712 g/mol. The number of ether oxygens (including phenoxy) is 2. The van der Waals surface area contributed by atoms with Gasteiger partial charge in [-0.1, -0.05) is 139 Å². The number of furan rings is 1. The maximum Gasteiger partial charge on any atom is 0.498 e. The van der Waals surface area contributed by atoms with Gasteiger partial charge in [-0.25, -0.2) is 0 Å². The Bertz CT molecular complexity index is 2030. The van der Waals surface area contributed by atoms with E-state index in [1.54, 1.807) is 32.4 Å². The quantitative estimate of drug-likeness (QED) is 0.0992. The summed E-state index contributed by atoms with van der Waals surface area (Å²) in [5.74, 6) is 0.171. The number of hydrogen-bond donors (Lipinski definition) is 0. The SMILES string of the molecule is COC(c1ccccc1)(c1ccccc1)[C@@H]1OB(c2ccoc2/C=N\S(=O)(=O)c2ccc(C)cc2)O[C@H]1C(OC)(c1ccccc1)c1ccccc1. The lowest BCUT2D eigenvalue weighted by Gasteiger charge is -2.46. The van der Waals surface area contributed by atoms with E-state index in [1.807, 2.05) is 128 Å². The first-order chi connectivity index (χ1) is 25.3. The molecule has 0 bridgehead atoms. The normalized spacial score (nSPS) is 16.8. The Labute approximate surface area is 304 Å². The summed E-state index contributed by atoms with van der Waals surface area (Å²) in [7, 11) is -1.75. The fraction of sp³-hybridized carbons (Fsp3) is 0.167. The monoisotopic (exact) mass is 711 g/mol. The molecule has 0 unspecified atom stereocenters. The molecule has 2 heterocycles. The van der Waals surface area contributed by atoms with Gasteiger partial charge in [0.25, 0.3) is 10.0 Å². The molecule has 1 saturated heterocycles. The molecule has 0 saturated carbocycles. The van der Waals surface area contributed by atoms with Gasteiger partial charge in [0.05, 0.1) is 17.4 Å². The van der Waals surface area contributed by atoms with Crippen LogP contribution in [0.3, 0.4) is 0 Å². The number of rotatable bonds is 12. The molecule has 262 valence electrons. The molecule has 7 rings (SSSR count). The summed E-state index contributed by atoms with van der Waals surface area (Å²) in [6.07, 6.45) is 0.933. The van der Waals surface area contributed by atoms with E-state index in [1.165, 1.54) is 24.6 Å². The molecule has 5 aromatic carbocycles. The molecule has 52 heavy (non-hydrogen) atoms. The van der Waals surface area contributed by atoms with Crippen LogP contribution in [0.4, 0.5) is 0 Å². The molecule has 2 atom stereocenters. The van der Waals surface area contributed by atoms with Gasteiger partial charge in [-0.3, -0.25) is 0 Å². The number of benzene rings is 5. The van der Waals surface area contributed by atoms with Crippen LogP contribution in [0.2, 0.25) is 0 Å². The van der Waals surface area contributed by atoms with Crippen LogP contribution in [-0.2, 0) is 40.0 Å². The smallest absolute Gasteiger partial charge is 0.464 e. The molecular formula is C42H38BNO7S. The first kappa shape index (κ1) is 35.3. The molecule has 10 heteroatoms. The van der Waals surface area contributed by atoms with Crippen molar-refractivity contribution in [1.29, 1.82) is 0 Å². The van der Waals surface area contributed by atoms with Gasteiger partial charge in [0, 0.05) is 19.7 Å². The summed E-state index contributed by atoms with van der Waals surface area (Å²) in [5.41, 5.74) is 2.31. The number of hydrogen-bond acceptors (Lipinski definition) is 7. The van der Waals surface area contributed by atoms with Gasteiger partial charge < -0.3 is 23.2 Å². The lowest BCUT2D eigenvalue weighted by Crippen LogP contribution is -2.56. The van der Waals surface area contributed by atoms with E-state index in [-0.39, 0.29) is 10.7 Å². The highest BCUT2D eigenvalue weighted by Crippen LogP contribution is 2.50. The van der Waals surface area contributed by atoms with E-state index < -0.39 is 40.6 Å². The lowest BCUT2D eigenvalue weighted by molar-refractivity contribution is -0.136. The van der Waals surface area contributed by atoms with Crippen molar-refractivity contribution < 1.29 is 31.6 Å². The van der Waals surface area contributed by atoms with Gasteiger partial charge in [-0.15, -0.1) is 0 Å². The minimum Gasteiger partial charge on any atom is -0.464 e. The third kappa shape index (κ3) is 6.33. The van der Waals surface area contributed by atoms with Gasteiger partial charge in [0.15, 0.2) is 0 Å². The van der Waals surface area contributed by atoms with Crippen molar-refractivity contribution in [2.75, 3.05) is 14.2 Å². The van der Waals surface area contributed by atoms with Crippen molar-refractivity contribution in [3.63, 3.8) is 0 Å². The van der Waals surface area contributed by atoms with Crippen molar-refractivity contribution in [2.24, 2.45) is 4.40 Å². The Balaban J connectivity index is 1.42. The summed E-state index contributed by atoms with van der Waals surface area (Å²) in [5, 5.41) is 0. The second-order valence-electron chi connectivity index (χ2n) is 12.6. The predicted octanol–water partition coefficient (Wildman–Crippen LogP) is 7.06. The Hall–Kier alpha value is -5.10. The second kappa shape index (κ2) is 14.9. The molecule has 1 aliphatic rings. The second-order valence-corrected chi connectivity index (χ2v) is 14.2. The van der Waals surface area contributed by atoms with Gasteiger partial charge in [0.2, 0.25) is 0 Å². The van der Waals surface area contributed by atoms with Crippen molar-refractivity contribution >= 4 is 28.8 Å². The molecule has 1 fully saturated rings. The third-order valence-electron chi connectivity index (χ3n) is 9.68. The third-order valence-corrected chi connectivity index (χ3v) is 10.9. The number of sulfonamides is 1. The van der Waals surface area contributed by atoms with Gasteiger partial charge >= 0.3 is 7.12 Å². The van der Waals surface area contributed by atoms with E-state index in [0.717, 1.165) is 27.8 Å². The van der Waals surface area contributed by atoms with Crippen LogP contribution in [0.15, 0.2) is 172 Å². The molecule has 0 spiro atoms. The molecule has 1 aliphatic heterocycles. The maximum absolute atomic E-state index is 13.2. The van der Waals surface area contributed by atoms with Crippen LogP contribution >= 0.6 is 0 Å². The molecular weight excluding hydrogens is 673 g/mol. The summed E-state index contributed by atoms with van der Waals surface area (Å²) in [4.78, 5) is 0.0714. The zero-order valence-electron chi connectivity index (χ0n) is 29.0. The Morgan fingerprint density at radius 1 is 0.615 bits per heavy atom. The molecule has 1 aromatic heterocycles. The Kier molecular flexibility index (Phi) is 10.1. The maximum atomic E-state index is 13.2. The Morgan fingerprint density at radius 3 is 1.40 bits per heavy atom. The highest BCUT2D eigenvalue weighted by Gasteiger charge is 2.62. The van der Waals surface area contributed by atoms with Crippen LogP contribution in [0.25, 0.3) is 0 Å². The number of methoxy groups -OCH3 is 2. The van der Waals surface area contributed by atoms with Crippen molar-refractivity contribution in [2.45, 2.75) is 35.2 Å². The molecule has 0 radical (unpaired) electrons. The number of nitrogens with zero attached hydrogens (tertiary/aromatic N) is 1. The van der Waals surface area contributed by atoms with E-state index in [9.17, 15) is 8.42 Å². The highest BCUT2D eigenvalue weighted by atomic mass is 32.2. The largest absolute Gasteiger partial charge is 0.498 e. The van der Waals surface area contributed by atoms with Gasteiger partial charge in [-0.2, -0.15) is 12.8 Å². The van der Waals surface area contributed by atoms with Crippen molar-refractivity contribution in [3.8, 4) is 0 Å². The summed E-state index contributed by atoms with van der Waals surface area (Å²) < 4.78 is 63.8. The van der Waals surface area contributed by atoms with E-state index in [0.29, 0.717) is 5.46 Å². The van der Waals surface area contributed by atoms with E-state index in [4.69, 9.17) is 23.2 Å². The first-order valence-corrected chi connectivity index (χ1v) is 18.3. The minimum absolute atomic E-state index is 0.0714. The topological polar surface area (TPSA) is 96.6 Å². The highest BCUT2D eigenvalue weighted by molar-refractivity contribution is 7.90. The predicted molar refractivity (Wildman–Crippen MR) is 201 cm³/mol. The molecule has 0 aliphatic carbocycles. The summed E-state index contributed by atoms with van der Waals surface area (Å²) in [6, 6.07) is 47.8. The van der Waals surface area contributed by atoms with Crippen LogP contribution in [0.1, 0.15) is 33.6 Å². The average Bonchev–Trinajstić information content (AvgIpc) is 3.86. The molecule has 0 N–H and O–H groups in total. The van der Waals surface area contributed by atoms with Crippen molar-refractivity contribution in [1.82, 2.24) is 0 Å². The zero-order valence-corrected chi connectivity index (χ0v) is 29.9. The zero-order chi connectivity index (χ0) is 36.2. The van der Waals surface area contributed by atoms with Gasteiger partial charge in [0.1, 0.15) is 29.2 Å². The van der Waals surface area contributed by atoms with Crippen molar-refractivity contribution in [3.05, 3.63) is 191 Å². The van der Waals surface area contributed by atoms with Crippen LogP contribution < -0.4 is 5.46 Å². The van der Waals surface area contributed by atoms with Gasteiger partial charge in [-0.05, 0) is 47.4 Å². The lowest BCUT2D eigenvalue weighted by atomic mass is 9.71. The summed E-state index contributed by atoms with van der Waals surface area (Å²) in [6.45, 7) is 1.89. The molecule has 8 nitrogen and oxygen atoms in total. The Morgan fingerprint density at radius 2 is 1.02 bits per heavy atom. The first-order valence-electron chi connectivity index (χ1n) is 16.9.